The molecule has 6 nitrogen and oxygen atoms in total. The van der Waals surface area contributed by atoms with Gasteiger partial charge < -0.3 is 10.2 Å². The lowest BCUT2D eigenvalue weighted by Gasteiger charge is -2.35. The van der Waals surface area contributed by atoms with Gasteiger partial charge in [0.25, 0.3) is 0 Å². The monoisotopic (exact) mass is 349 g/mol. The van der Waals surface area contributed by atoms with Crippen molar-refractivity contribution in [3.05, 3.63) is 66.1 Å². The fourth-order valence-corrected chi connectivity index (χ4v) is 3.85. The van der Waals surface area contributed by atoms with Crippen LogP contribution < -0.4 is 5.32 Å². The Kier molecular flexibility index (Phi) is 4.32. The Labute approximate surface area is 152 Å². The van der Waals surface area contributed by atoms with Gasteiger partial charge in [0.05, 0.1) is 6.54 Å². The maximum Gasteiger partial charge on any atom is 0.318 e. The number of likely N-dealkylation sites (tertiary alicyclic amines) is 1. The smallest absolute Gasteiger partial charge is 0.318 e. The van der Waals surface area contributed by atoms with Crippen LogP contribution in [0.3, 0.4) is 0 Å². The molecule has 2 aromatic heterocycles. The fourth-order valence-electron chi connectivity index (χ4n) is 3.85. The number of rotatable bonds is 4. The highest BCUT2D eigenvalue weighted by Crippen LogP contribution is 2.32. The fraction of sp³-hybridized carbons (Fsp3) is 0.350. The van der Waals surface area contributed by atoms with Crippen molar-refractivity contribution in [2.45, 2.75) is 38.3 Å². The Morgan fingerprint density at radius 1 is 1.15 bits per heavy atom. The molecule has 1 aromatic carbocycles. The molecule has 0 radical (unpaired) electrons. The first-order valence-electron chi connectivity index (χ1n) is 9.04. The lowest BCUT2D eigenvalue weighted by Crippen LogP contribution is -2.50. The number of hydrogen-bond donors (Lipinski definition) is 1. The van der Waals surface area contributed by atoms with E-state index in [0.717, 1.165) is 37.3 Å². The molecule has 1 atom stereocenters. The topological polar surface area (TPSA) is 62.5 Å². The molecule has 0 spiro atoms. The molecular formula is C20H23N5O. The molecule has 1 unspecified atom stereocenters. The number of amides is 2. The number of carbonyl (C=O) groups excluding carboxylic acids is 1. The van der Waals surface area contributed by atoms with Crippen molar-refractivity contribution in [1.82, 2.24) is 24.8 Å². The van der Waals surface area contributed by atoms with Gasteiger partial charge in [-0.05, 0) is 43.9 Å². The maximum absolute atomic E-state index is 12.8. The van der Waals surface area contributed by atoms with E-state index in [1.807, 2.05) is 39.8 Å². The van der Waals surface area contributed by atoms with Crippen molar-refractivity contribution in [3.8, 4) is 0 Å². The number of nitrogens with one attached hydrogen (secondary N) is 1. The van der Waals surface area contributed by atoms with Crippen molar-refractivity contribution < 1.29 is 4.79 Å². The number of benzene rings is 1. The molecule has 0 bridgehead atoms. The first-order valence-corrected chi connectivity index (χ1v) is 9.04. The summed E-state index contributed by atoms with van der Waals surface area (Å²) in [7, 11) is 0. The van der Waals surface area contributed by atoms with Gasteiger partial charge in [0.2, 0.25) is 0 Å². The molecule has 134 valence electrons. The summed E-state index contributed by atoms with van der Waals surface area (Å²) in [5.41, 5.74) is 1.89. The van der Waals surface area contributed by atoms with Crippen LogP contribution in [0.4, 0.5) is 4.79 Å². The lowest BCUT2D eigenvalue weighted by molar-refractivity contribution is 0.155. The van der Waals surface area contributed by atoms with E-state index in [2.05, 4.69) is 46.7 Å². The average molecular weight is 349 g/mol. The highest BCUT2D eigenvalue weighted by molar-refractivity contribution is 5.75. The Balaban J connectivity index is 1.45. The Morgan fingerprint density at radius 2 is 1.96 bits per heavy atom. The third kappa shape index (κ3) is 3.14. The van der Waals surface area contributed by atoms with Gasteiger partial charge in [-0.2, -0.15) is 0 Å². The number of fused-ring (bicyclic) bond motifs is 1. The minimum atomic E-state index is -0.154. The van der Waals surface area contributed by atoms with E-state index < -0.39 is 0 Å². The van der Waals surface area contributed by atoms with E-state index in [4.69, 9.17) is 0 Å². The number of urea groups is 1. The number of nitrogens with zero attached hydrogens (tertiary/aromatic N) is 4. The molecule has 3 aromatic rings. The summed E-state index contributed by atoms with van der Waals surface area (Å²) >= 11 is 0. The molecule has 1 N–H and O–H groups in total. The summed E-state index contributed by atoms with van der Waals surface area (Å²) in [6, 6.07) is 16.1. The molecule has 3 heterocycles. The zero-order chi connectivity index (χ0) is 18.0. The van der Waals surface area contributed by atoms with Crippen LogP contribution in [-0.4, -0.2) is 37.6 Å². The molecule has 0 saturated carbocycles. The maximum atomic E-state index is 12.8. The van der Waals surface area contributed by atoms with Crippen LogP contribution in [0, 0.1) is 0 Å². The summed E-state index contributed by atoms with van der Waals surface area (Å²) in [5, 5.41) is 11.3. The van der Waals surface area contributed by atoms with Gasteiger partial charge in [-0.1, -0.05) is 36.4 Å². The van der Waals surface area contributed by atoms with E-state index in [1.165, 1.54) is 5.56 Å². The highest BCUT2D eigenvalue weighted by atomic mass is 16.2. The lowest BCUT2D eigenvalue weighted by atomic mass is 9.90. The third-order valence-corrected chi connectivity index (χ3v) is 5.20. The first-order chi connectivity index (χ1) is 12.7. The zero-order valence-corrected chi connectivity index (χ0v) is 14.9. The van der Waals surface area contributed by atoms with Crippen molar-refractivity contribution in [2.75, 3.05) is 6.54 Å². The summed E-state index contributed by atoms with van der Waals surface area (Å²) in [5.74, 6) is 0.734. The second-order valence-corrected chi connectivity index (χ2v) is 7.12. The third-order valence-electron chi connectivity index (χ3n) is 5.20. The van der Waals surface area contributed by atoms with Gasteiger partial charge >= 0.3 is 6.03 Å². The van der Waals surface area contributed by atoms with Gasteiger partial charge in [-0.15, -0.1) is 10.2 Å². The molecular weight excluding hydrogens is 326 g/mol. The number of aromatic nitrogens is 3. The Bertz CT molecular complexity index is 907. The van der Waals surface area contributed by atoms with Crippen LogP contribution in [0.1, 0.15) is 31.2 Å². The number of carbonyl (C=O) groups is 1. The minimum absolute atomic E-state index is 0.0337. The largest absolute Gasteiger partial charge is 0.331 e. The molecule has 4 rings (SSSR count). The van der Waals surface area contributed by atoms with Crippen molar-refractivity contribution in [2.24, 2.45) is 0 Å². The van der Waals surface area contributed by atoms with Gasteiger partial charge in [0.15, 0.2) is 11.5 Å². The predicted molar refractivity (Wildman–Crippen MR) is 99.7 cm³/mol. The number of hydrogen-bond acceptors (Lipinski definition) is 3. The summed E-state index contributed by atoms with van der Waals surface area (Å²) in [6.45, 7) is 3.33. The summed E-state index contributed by atoms with van der Waals surface area (Å²) in [6.07, 6.45) is 4.83. The van der Waals surface area contributed by atoms with E-state index in [-0.39, 0.29) is 11.6 Å². The molecule has 1 aliphatic heterocycles. The summed E-state index contributed by atoms with van der Waals surface area (Å²) in [4.78, 5) is 14.8. The van der Waals surface area contributed by atoms with E-state index in [1.54, 1.807) is 0 Å². The molecule has 2 amide bonds. The Hall–Kier alpha value is -2.89. The van der Waals surface area contributed by atoms with Crippen molar-refractivity contribution in [1.29, 1.82) is 0 Å². The van der Waals surface area contributed by atoms with Crippen LogP contribution in [0.5, 0.6) is 0 Å². The molecule has 1 fully saturated rings. The Morgan fingerprint density at radius 3 is 2.81 bits per heavy atom. The van der Waals surface area contributed by atoms with Crippen LogP contribution in [-0.2, 0) is 13.0 Å². The average Bonchev–Trinajstić information content (AvgIpc) is 3.24. The molecule has 1 saturated heterocycles. The second kappa shape index (κ2) is 6.78. The molecule has 1 aliphatic rings. The van der Waals surface area contributed by atoms with Crippen LogP contribution >= 0.6 is 0 Å². The second-order valence-electron chi connectivity index (χ2n) is 7.12. The SMILES string of the molecule is CC1(Cc2ccccc2)CCCN1C(=O)NCc1nnc2ccccn12. The molecule has 26 heavy (non-hydrogen) atoms. The normalized spacial score (nSPS) is 19.8. The van der Waals surface area contributed by atoms with E-state index in [9.17, 15) is 4.79 Å². The molecule has 0 aliphatic carbocycles. The minimum Gasteiger partial charge on any atom is -0.331 e. The van der Waals surface area contributed by atoms with Gasteiger partial charge in [-0.3, -0.25) is 4.40 Å². The zero-order valence-electron chi connectivity index (χ0n) is 14.9. The van der Waals surface area contributed by atoms with Crippen LogP contribution in [0.15, 0.2) is 54.7 Å². The predicted octanol–water partition coefficient (Wildman–Crippen LogP) is 3.04. The van der Waals surface area contributed by atoms with Crippen LogP contribution in [0.2, 0.25) is 0 Å². The van der Waals surface area contributed by atoms with Crippen LogP contribution in [0.25, 0.3) is 5.65 Å². The first kappa shape index (κ1) is 16.6. The van der Waals surface area contributed by atoms with Gasteiger partial charge in [-0.25, -0.2) is 4.79 Å². The molecule has 6 heteroatoms. The quantitative estimate of drug-likeness (QED) is 0.787. The van der Waals surface area contributed by atoms with Crippen molar-refractivity contribution >= 4 is 11.7 Å². The highest BCUT2D eigenvalue weighted by Gasteiger charge is 2.39. The van der Waals surface area contributed by atoms with Gasteiger partial charge in [0, 0.05) is 18.3 Å². The van der Waals surface area contributed by atoms with E-state index in [0.29, 0.717) is 6.54 Å². The van der Waals surface area contributed by atoms with E-state index >= 15 is 0 Å². The van der Waals surface area contributed by atoms with Gasteiger partial charge in [0.1, 0.15) is 0 Å². The summed E-state index contributed by atoms with van der Waals surface area (Å²) < 4.78 is 1.90. The number of pyridine rings is 1. The van der Waals surface area contributed by atoms with Crippen molar-refractivity contribution in [3.63, 3.8) is 0 Å². The standard InChI is InChI=1S/C20H23N5O/c1-20(14-16-8-3-2-4-9-16)11-7-13-25(20)19(26)21-15-18-23-22-17-10-5-6-12-24(17)18/h2-6,8-10,12H,7,11,13-15H2,1H3,(H,21,26).